The molecule has 1 heterocycles. The Morgan fingerprint density at radius 2 is 1.82 bits per heavy atom. The minimum absolute atomic E-state index is 0.255. The fraction of sp³-hybridized carbons (Fsp3) is 0.190. The van der Waals surface area contributed by atoms with E-state index < -0.39 is 0 Å². The third-order valence-corrected chi connectivity index (χ3v) is 4.87. The van der Waals surface area contributed by atoms with E-state index in [2.05, 4.69) is 15.6 Å². The van der Waals surface area contributed by atoms with Crippen LogP contribution in [0.15, 0.2) is 53.9 Å². The highest BCUT2D eigenvalue weighted by atomic mass is 32.1. The quantitative estimate of drug-likeness (QED) is 0.638. The number of aromatic nitrogens is 1. The van der Waals surface area contributed by atoms with Gasteiger partial charge in [0.15, 0.2) is 0 Å². The van der Waals surface area contributed by atoms with Crippen molar-refractivity contribution in [1.82, 2.24) is 10.3 Å². The maximum Gasteiger partial charge on any atom is 0.275 e. The topological polar surface area (TPSA) is 80.3 Å². The molecule has 0 spiro atoms. The Morgan fingerprint density at radius 1 is 1.07 bits per heavy atom. The molecule has 0 aliphatic heterocycles. The van der Waals surface area contributed by atoms with E-state index in [9.17, 15) is 9.59 Å². The van der Waals surface area contributed by atoms with Crippen LogP contribution in [0.25, 0.3) is 0 Å². The third kappa shape index (κ3) is 5.03. The highest BCUT2D eigenvalue weighted by Gasteiger charge is 2.16. The van der Waals surface area contributed by atoms with E-state index in [1.165, 1.54) is 16.9 Å². The fourth-order valence-electron chi connectivity index (χ4n) is 2.56. The lowest BCUT2D eigenvalue weighted by atomic mass is 10.1. The number of anilines is 1. The smallest absolute Gasteiger partial charge is 0.275 e. The first-order valence-corrected chi connectivity index (χ1v) is 9.62. The van der Waals surface area contributed by atoms with Crippen LogP contribution in [0.1, 0.15) is 37.0 Å². The molecular weight excluding hydrogens is 374 g/mol. The average molecular weight is 395 g/mol. The van der Waals surface area contributed by atoms with E-state index in [0.717, 1.165) is 10.6 Å². The number of methoxy groups -OCH3 is 1. The second kappa shape index (κ2) is 9.25. The zero-order valence-corrected chi connectivity index (χ0v) is 16.5. The summed E-state index contributed by atoms with van der Waals surface area (Å²) < 4.78 is 5.02. The van der Waals surface area contributed by atoms with Gasteiger partial charge in [0, 0.05) is 19.0 Å². The lowest BCUT2D eigenvalue weighted by Crippen LogP contribution is -2.25. The lowest BCUT2D eigenvalue weighted by molar-refractivity contribution is 0.0952. The summed E-state index contributed by atoms with van der Waals surface area (Å²) in [4.78, 5) is 29.3. The second-order valence-electron chi connectivity index (χ2n) is 6.23. The van der Waals surface area contributed by atoms with Crippen molar-refractivity contribution in [2.45, 2.75) is 20.1 Å². The molecule has 0 radical (unpaired) electrons. The van der Waals surface area contributed by atoms with Crippen molar-refractivity contribution in [3.8, 4) is 0 Å². The van der Waals surface area contributed by atoms with E-state index in [4.69, 9.17) is 4.74 Å². The molecule has 3 aromatic rings. The number of rotatable bonds is 7. The average Bonchev–Trinajstić information content (AvgIpc) is 3.17. The van der Waals surface area contributed by atoms with Crippen LogP contribution in [-0.2, 0) is 17.9 Å². The van der Waals surface area contributed by atoms with Crippen molar-refractivity contribution in [3.63, 3.8) is 0 Å². The molecule has 2 N–H and O–H groups in total. The molecule has 144 valence electrons. The minimum Gasteiger partial charge on any atom is -0.378 e. The Bertz CT molecular complexity index is 967. The minimum atomic E-state index is -0.364. The van der Waals surface area contributed by atoms with E-state index >= 15 is 0 Å². The number of carbonyl (C=O) groups excluding carboxylic acids is 2. The van der Waals surface area contributed by atoms with Gasteiger partial charge in [0.25, 0.3) is 11.8 Å². The molecule has 2 aromatic carbocycles. The van der Waals surface area contributed by atoms with Gasteiger partial charge >= 0.3 is 0 Å². The van der Waals surface area contributed by atoms with Crippen LogP contribution < -0.4 is 10.6 Å². The predicted octanol–water partition coefficient (Wildman–Crippen LogP) is 3.78. The van der Waals surface area contributed by atoms with Gasteiger partial charge in [0.05, 0.1) is 17.9 Å². The summed E-state index contributed by atoms with van der Waals surface area (Å²) in [5.74, 6) is -0.618. The molecule has 0 aliphatic rings. The SMILES string of the molecule is COCc1nc(C(=O)Nc2ccccc2C(=O)NCc2ccc(C)cc2)cs1. The van der Waals surface area contributed by atoms with Crippen LogP contribution in [0.5, 0.6) is 0 Å². The van der Waals surface area contributed by atoms with Crippen LogP contribution >= 0.6 is 11.3 Å². The van der Waals surface area contributed by atoms with Crippen molar-refractivity contribution in [3.05, 3.63) is 81.3 Å². The van der Waals surface area contributed by atoms with Gasteiger partial charge in [-0.25, -0.2) is 4.98 Å². The van der Waals surface area contributed by atoms with Crippen molar-refractivity contribution >= 4 is 28.8 Å². The number of amides is 2. The van der Waals surface area contributed by atoms with Gasteiger partial charge in [-0.2, -0.15) is 0 Å². The molecule has 0 atom stereocenters. The molecule has 1 aromatic heterocycles. The van der Waals surface area contributed by atoms with Gasteiger partial charge in [-0.15, -0.1) is 11.3 Å². The van der Waals surface area contributed by atoms with Gasteiger partial charge in [-0.3, -0.25) is 9.59 Å². The Balaban J connectivity index is 1.68. The Hall–Kier alpha value is -3.03. The summed E-state index contributed by atoms with van der Waals surface area (Å²) in [5, 5.41) is 8.05. The number of carbonyl (C=O) groups is 2. The maximum atomic E-state index is 12.6. The van der Waals surface area contributed by atoms with Gasteiger partial charge in [0.2, 0.25) is 0 Å². The zero-order chi connectivity index (χ0) is 19.9. The van der Waals surface area contributed by atoms with Gasteiger partial charge in [-0.1, -0.05) is 42.0 Å². The van der Waals surface area contributed by atoms with Crippen LogP contribution in [0.4, 0.5) is 5.69 Å². The number of benzene rings is 2. The number of ether oxygens (including phenoxy) is 1. The largest absolute Gasteiger partial charge is 0.378 e. The first kappa shape index (κ1) is 19.7. The van der Waals surface area contributed by atoms with E-state index in [0.29, 0.717) is 30.1 Å². The van der Waals surface area contributed by atoms with Crippen LogP contribution in [0.2, 0.25) is 0 Å². The van der Waals surface area contributed by atoms with Crippen molar-refractivity contribution in [1.29, 1.82) is 0 Å². The number of aryl methyl sites for hydroxylation is 1. The summed E-state index contributed by atoms with van der Waals surface area (Å²) in [7, 11) is 1.58. The maximum absolute atomic E-state index is 12.6. The predicted molar refractivity (Wildman–Crippen MR) is 110 cm³/mol. The first-order valence-electron chi connectivity index (χ1n) is 8.74. The number of nitrogens with zero attached hydrogens (tertiary/aromatic N) is 1. The molecule has 3 rings (SSSR count). The normalized spacial score (nSPS) is 10.5. The number of para-hydroxylation sites is 1. The summed E-state index contributed by atoms with van der Waals surface area (Å²) in [6.07, 6.45) is 0. The van der Waals surface area contributed by atoms with Crippen LogP contribution in [0.3, 0.4) is 0 Å². The van der Waals surface area contributed by atoms with Crippen molar-refractivity contribution in [2.75, 3.05) is 12.4 Å². The summed E-state index contributed by atoms with van der Waals surface area (Å²) in [6.45, 7) is 2.78. The van der Waals surface area contributed by atoms with E-state index in [1.54, 1.807) is 36.8 Å². The number of nitrogens with one attached hydrogen (secondary N) is 2. The van der Waals surface area contributed by atoms with E-state index in [-0.39, 0.29) is 11.8 Å². The van der Waals surface area contributed by atoms with Gasteiger partial charge < -0.3 is 15.4 Å². The molecule has 6 nitrogen and oxygen atoms in total. The van der Waals surface area contributed by atoms with E-state index in [1.807, 2.05) is 31.2 Å². The third-order valence-electron chi connectivity index (χ3n) is 4.05. The molecule has 2 amide bonds. The zero-order valence-electron chi connectivity index (χ0n) is 15.7. The summed E-state index contributed by atoms with van der Waals surface area (Å²) in [6, 6.07) is 14.9. The molecule has 0 bridgehead atoms. The Labute approximate surface area is 167 Å². The fourth-order valence-corrected chi connectivity index (χ4v) is 3.31. The Kier molecular flexibility index (Phi) is 6.52. The molecule has 28 heavy (non-hydrogen) atoms. The number of hydrogen-bond donors (Lipinski definition) is 2. The molecular formula is C21H21N3O3S. The second-order valence-corrected chi connectivity index (χ2v) is 7.17. The first-order chi connectivity index (χ1) is 13.6. The highest BCUT2D eigenvalue weighted by molar-refractivity contribution is 7.09. The van der Waals surface area contributed by atoms with Crippen LogP contribution in [0, 0.1) is 6.92 Å². The summed E-state index contributed by atoms with van der Waals surface area (Å²) in [5.41, 5.74) is 3.31. The standard InChI is InChI=1S/C21H21N3O3S/c1-14-7-9-15(10-8-14)11-22-20(25)16-5-3-4-6-17(16)24-21(26)18-13-28-19(23-18)12-27-2/h3-10,13H,11-12H2,1-2H3,(H,22,25)(H,24,26). The van der Waals surface area contributed by atoms with Crippen LogP contribution in [-0.4, -0.2) is 23.9 Å². The monoisotopic (exact) mass is 395 g/mol. The molecule has 0 aliphatic carbocycles. The molecule has 0 saturated carbocycles. The molecule has 0 unspecified atom stereocenters. The lowest BCUT2D eigenvalue weighted by Gasteiger charge is -2.11. The van der Waals surface area contributed by atoms with Gasteiger partial charge in [-0.05, 0) is 24.6 Å². The van der Waals surface area contributed by atoms with Gasteiger partial charge in [0.1, 0.15) is 10.7 Å². The highest BCUT2D eigenvalue weighted by Crippen LogP contribution is 2.18. The number of thiazole rings is 1. The molecule has 0 fully saturated rings. The van der Waals surface area contributed by atoms with Crippen molar-refractivity contribution < 1.29 is 14.3 Å². The summed E-state index contributed by atoms with van der Waals surface area (Å²) >= 11 is 1.35. The van der Waals surface area contributed by atoms with Crippen molar-refractivity contribution in [2.24, 2.45) is 0 Å². The Morgan fingerprint density at radius 3 is 2.57 bits per heavy atom. The molecule has 7 heteroatoms. The number of hydrogen-bond acceptors (Lipinski definition) is 5. The molecule has 0 saturated heterocycles.